The van der Waals surface area contributed by atoms with E-state index in [1.807, 2.05) is 19.1 Å². The molecule has 0 spiro atoms. The lowest BCUT2D eigenvalue weighted by Gasteiger charge is -2.35. The minimum Gasteiger partial charge on any atom is -0.505 e. The molecule has 1 aliphatic rings. The quantitative estimate of drug-likeness (QED) is 0.513. The predicted octanol–water partition coefficient (Wildman–Crippen LogP) is 3.26. The molecule has 1 fully saturated rings. The summed E-state index contributed by atoms with van der Waals surface area (Å²) in [5.41, 5.74) is 1.86. The second kappa shape index (κ2) is 10.0. The molecule has 0 saturated carbocycles. The molecule has 0 amide bonds. The van der Waals surface area contributed by atoms with E-state index in [0.29, 0.717) is 18.1 Å². The van der Waals surface area contributed by atoms with Crippen LogP contribution in [0.3, 0.4) is 0 Å². The second-order valence-electron chi connectivity index (χ2n) is 7.11. The third kappa shape index (κ3) is 5.76. The smallest absolute Gasteiger partial charge is 0.191 e. The van der Waals surface area contributed by atoms with Crippen LogP contribution >= 0.6 is 0 Å². The van der Waals surface area contributed by atoms with E-state index in [9.17, 15) is 9.50 Å². The number of guanidine groups is 1. The first-order valence-electron chi connectivity index (χ1n) is 10.00. The highest BCUT2D eigenvalue weighted by molar-refractivity contribution is 5.80. The monoisotopic (exact) mass is 400 g/mol. The van der Waals surface area contributed by atoms with Crippen molar-refractivity contribution in [2.75, 3.05) is 31.6 Å². The number of rotatable bonds is 6. The molecule has 2 aromatic rings. The van der Waals surface area contributed by atoms with Gasteiger partial charge >= 0.3 is 0 Å². The van der Waals surface area contributed by atoms with E-state index in [1.54, 1.807) is 13.2 Å². The molecule has 1 atom stereocenters. The Bertz CT molecular complexity index is 843. The summed E-state index contributed by atoms with van der Waals surface area (Å²) in [7, 11) is 1.68. The topological polar surface area (TPSA) is 69.1 Å². The predicted molar refractivity (Wildman–Crippen MR) is 114 cm³/mol. The fourth-order valence-electron chi connectivity index (χ4n) is 3.47. The average molecular weight is 400 g/mol. The standard InChI is InChI=1S/C22H29FN4O2/c1-3-24-22(25-14-16-9-10-21(28)20(23)12-16)26-17-6-5-11-27(15-17)18-7-4-8-19(13-18)29-2/h4,7-10,12-13,17,28H,3,5-6,11,14-15H2,1-2H3,(H2,24,25,26). The van der Waals surface area contributed by atoms with E-state index < -0.39 is 5.82 Å². The van der Waals surface area contributed by atoms with Crippen LogP contribution in [0.1, 0.15) is 25.3 Å². The Morgan fingerprint density at radius 3 is 2.93 bits per heavy atom. The lowest BCUT2D eigenvalue weighted by molar-refractivity contribution is 0.414. The number of anilines is 1. The van der Waals surface area contributed by atoms with E-state index in [1.165, 1.54) is 12.1 Å². The Hall–Kier alpha value is -2.96. The van der Waals surface area contributed by atoms with Crippen molar-refractivity contribution >= 4 is 11.6 Å². The normalized spacial score (nSPS) is 17.1. The van der Waals surface area contributed by atoms with Crippen molar-refractivity contribution in [1.82, 2.24) is 10.6 Å². The summed E-state index contributed by atoms with van der Waals surface area (Å²) in [6.45, 7) is 4.96. The van der Waals surface area contributed by atoms with Crippen LogP contribution in [0.5, 0.6) is 11.5 Å². The number of methoxy groups -OCH3 is 1. The van der Waals surface area contributed by atoms with Gasteiger partial charge in [-0.3, -0.25) is 0 Å². The van der Waals surface area contributed by atoms with Gasteiger partial charge in [0.15, 0.2) is 17.5 Å². The summed E-state index contributed by atoms with van der Waals surface area (Å²) >= 11 is 0. The zero-order valence-electron chi connectivity index (χ0n) is 17.0. The number of aliphatic imine (C=N–C) groups is 1. The van der Waals surface area contributed by atoms with Crippen LogP contribution in [-0.4, -0.2) is 43.9 Å². The average Bonchev–Trinajstić information content (AvgIpc) is 2.75. The van der Waals surface area contributed by atoms with Crippen LogP contribution in [0.4, 0.5) is 10.1 Å². The van der Waals surface area contributed by atoms with Gasteiger partial charge < -0.3 is 25.4 Å². The summed E-state index contributed by atoms with van der Waals surface area (Å²) in [6, 6.07) is 12.7. The maximum atomic E-state index is 13.5. The molecule has 29 heavy (non-hydrogen) atoms. The summed E-state index contributed by atoms with van der Waals surface area (Å²) in [5.74, 6) is 0.589. The number of hydrogen-bond acceptors (Lipinski definition) is 4. The third-order valence-electron chi connectivity index (χ3n) is 4.96. The minimum absolute atomic E-state index is 0.254. The van der Waals surface area contributed by atoms with Gasteiger partial charge in [0.2, 0.25) is 0 Å². The number of hydrogen-bond donors (Lipinski definition) is 3. The number of halogens is 1. The van der Waals surface area contributed by atoms with Crippen molar-refractivity contribution in [3.05, 3.63) is 53.8 Å². The van der Waals surface area contributed by atoms with Gasteiger partial charge in [0.05, 0.1) is 13.7 Å². The van der Waals surface area contributed by atoms with Crippen LogP contribution in [-0.2, 0) is 6.54 Å². The molecular weight excluding hydrogens is 371 g/mol. The van der Waals surface area contributed by atoms with Gasteiger partial charge in [-0.05, 0) is 49.6 Å². The maximum Gasteiger partial charge on any atom is 0.191 e. The minimum atomic E-state index is -0.628. The Kier molecular flexibility index (Phi) is 7.16. The molecule has 2 aromatic carbocycles. The fourth-order valence-corrected chi connectivity index (χ4v) is 3.47. The van der Waals surface area contributed by atoms with Crippen LogP contribution in [0.15, 0.2) is 47.5 Å². The fraction of sp³-hybridized carbons (Fsp3) is 0.409. The molecular formula is C22H29FN4O2. The molecule has 3 N–H and O–H groups in total. The van der Waals surface area contributed by atoms with Crippen molar-refractivity contribution < 1.29 is 14.2 Å². The molecule has 0 aromatic heterocycles. The number of nitrogens with one attached hydrogen (secondary N) is 2. The number of nitrogens with zero attached hydrogens (tertiary/aromatic N) is 2. The molecule has 0 bridgehead atoms. The first-order valence-corrected chi connectivity index (χ1v) is 10.00. The van der Waals surface area contributed by atoms with Crippen molar-refractivity contribution in [2.45, 2.75) is 32.4 Å². The highest BCUT2D eigenvalue weighted by Gasteiger charge is 2.21. The molecule has 156 valence electrons. The molecule has 3 rings (SSSR count). The Morgan fingerprint density at radius 2 is 2.17 bits per heavy atom. The van der Waals surface area contributed by atoms with Crippen molar-refractivity contribution in [2.24, 2.45) is 4.99 Å². The Morgan fingerprint density at radius 1 is 1.31 bits per heavy atom. The van der Waals surface area contributed by atoms with E-state index in [-0.39, 0.29) is 11.8 Å². The molecule has 0 radical (unpaired) electrons. The van der Waals surface area contributed by atoms with Crippen molar-refractivity contribution in [3.63, 3.8) is 0 Å². The van der Waals surface area contributed by atoms with E-state index in [2.05, 4.69) is 32.7 Å². The number of benzene rings is 2. The van der Waals surface area contributed by atoms with Gasteiger partial charge in [-0.2, -0.15) is 0 Å². The van der Waals surface area contributed by atoms with Gasteiger partial charge in [0.1, 0.15) is 5.75 Å². The number of phenols is 1. The van der Waals surface area contributed by atoms with Crippen LogP contribution in [0.25, 0.3) is 0 Å². The molecule has 6 nitrogen and oxygen atoms in total. The molecule has 1 aliphatic heterocycles. The maximum absolute atomic E-state index is 13.5. The highest BCUT2D eigenvalue weighted by atomic mass is 19.1. The van der Waals surface area contributed by atoms with Crippen LogP contribution in [0, 0.1) is 5.82 Å². The largest absolute Gasteiger partial charge is 0.505 e. The van der Waals surface area contributed by atoms with Crippen LogP contribution in [0.2, 0.25) is 0 Å². The highest BCUT2D eigenvalue weighted by Crippen LogP contribution is 2.24. The first-order chi connectivity index (χ1) is 14.1. The Labute approximate surface area is 171 Å². The number of phenolic OH excluding ortho intramolecular Hbond substituents is 1. The van der Waals surface area contributed by atoms with Gasteiger partial charge in [0, 0.05) is 37.4 Å². The van der Waals surface area contributed by atoms with E-state index >= 15 is 0 Å². The van der Waals surface area contributed by atoms with Gasteiger partial charge in [0.25, 0.3) is 0 Å². The lowest BCUT2D eigenvalue weighted by Crippen LogP contribution is -2.51. The van der Waals surface area contributed by atoms with E-state index in [4.69, 9.17) is 4.74 Å². The summed E-state index contributed by atoms with van der Waals surface area (Å²) in [4.78, 5) is 6.93. The Balaban J connectivity index is 1.65. The number of ether oxygens (including phenoxy) is 1. The van der Waals surface area contributed by atoms with E-state index in [0.717, 1.165) is 43.9 Å². The summed E-state index contributed by atoms with van der Waals surface area (Å²) in [6.07, 6.45) is 2.14. The zero-order valence-corrected chi connectivity index (χ0v) is 17.0. The summed E-state index contributed by atoms with van der Waals surface area (Å²) in [5, 5.41) is 16.1. The molecule has 1 heterocycles. The van der Waals surface area contributed by atoms with Gasteiger partial charge in [-0.25, -0.2) is 9.38 Å². The van der Waals surface area contributed by atoms with Crippen molar-refractivity contribution in [3.8, 4) is 11.5 Å². The SMILES string of the molecule is CCNC(=NCc1ccc(O)c(F)c1)NC1CCCN(c2cccc(OC)c2)C1. The second-order valence-corrected chi connectivity index (χ2v) is 7.11. The number of piperidine rings is 1. The third-order valence-corrected chi connectivity index (χ3v) is 4.96. The summed E-state index contributed by atoms with van der Waals surface area (Å²) < 4.78 is 18.9. The molecule has 1 unspecified atom stereocenters. The zero-order chi connectivity index (χ0) is 20.6. The molecule has 1 saturated heterocycles. The van der Waals surface area contributed by atoms with Gasteiger partial charge in [-0.1, -0.05) is 12.1 Å². The first kappa shape index (κ1) is 20.8. The molecule has 7 heteroatoms. The van der Waals surface area contributed by atoms with Crippen molar-refractivity contribution in [1.29, 1.82) is 0 Å². The molecule has 0 aliphatic carbocycles. The van der Waals surface area contributed by atoms with Crippen LogP contribution < -0.4 is 20.3 Å². The number of aromatic hydroxyl groups is 1. The lowest BCUT2D eigenvalue weighted by atomic mass is 10.0. The van der Waals surface area contributed by atoms with Gasteiger partial charge in [-0.15, -0.1) is 0 Å².